The van der Waals surface area contributed by atoms with Gasteiger partial charge in [0.25, 0.3) is 0 Å². The van der Waals surface area contributed by atoms with Gasteiger partial charge in [-0.25, -0.2) is 13.6 Å². The van der Waals surface area contributed by atoms with E-state index in [4.69, 9.17) is 15.6 Å². The number of benzene rings is 1. The number of hydrogen-bond acceptors (Lipinski definition) is 5. The molecule has 5 N–H and O–H groups in total. The molecule has 0 saturated heterocycles. The Morgan fingerprint density at radius 2 is 2.10 bits per heavy atom. The number of primary sulfonamides is 1. The minimum atomic E-state index is -3.84. The van der Waals surface area contributed by atoms with E-state index in [0.29, 0.717) is 12.2 Å². The minimum Gasteiger partial charge on any atom is -0.495 e. The van der Waals surface area contributed by atoms with Crippen molar-refractivity contribution in [1.82, 2.24) is 0 Å². The SMILES string of the molecule is COc1ccc(S(N)(=O)=O)cc1NC(=O)CCC(C)N. The lowest BCUT2D eigenvalue weighted by Gasteiger charge is -2.12. The van der Waals surface area contributed by atoms with Crippen LogP contribution in [-0.4, -0.2) is 27.5 Å². The summed E-state index contributed by atoms with van der Waals surface area (Å²) < 4.78 is 27.7. The predicted molar refractivity (Wildman–Crippen MR) is 75.9 cm³/mol. The average Bonchev–Trinajstić information content (AvgIpc) is 2.35. The molecule has 112 valence electrons. The maximum Gasteiger partial charge on any atom is 0.238 e. The number of rotatable bonds is 6. The summed E-state index contributed by atoms with van der Waals surface area (Å²) in [6.45, 7) is 1.80. The topological polar surface area (TPSA) is 125 Å². The number of carbonyl (C=O) groups is 1. The molecule has 1 atom stereocenters. The lowest BCUT2D eigenvalue weighted by atomic mass is 10.2. The van der Waals surface area contributed by atoms with Crippen LogP contribution in [0.4, 0.5) is 5.69 Å². The molecule has 1 rings (SSSR count). The second kappa shape index (κ2) is 6.69. The van der Waals surface area contributed by atoms with E-state index in [2.05, 4.69) is 5.32 Å². The van der Waals surface area contributed by atoms with Crippen LogP contribution >= 0.6 is 0 Å². The fourth-order valence-electron chi connectivity index (χ4n) is 1.53. The molecule has 0 fully saturated rings. The molecule has 0 radical (unpaired) electrons. The second-order valence-corrected chi connectivity index (χ2v) is 6.03. The zero-order chi connectivity index (χ0) is 15.3. The van der Waals surface area contributed by atoms with E-state index in [1.54, 1.807) is 6.92 Å². The lowest BCUT2D eigenvalue weighted by molar-refractivity contribution is -0.116. The third-order valence-electron chi connectivity index (χ3n) is 2.60. The monoisotopic (exact) mass is 301 g/mol. The number of methoxy groups -OCH3 is 1. The Hall–Kier alpha value is -1.64. The second-order valence-electron chi connectivity index (χ2n) is 4.47. The molecule has 1 amide bonds. The van der Waals surface area contributed by atoms with Crippen LogP contribution in [0.25, 0.3) is 0 Å². The molecular formula is C12H19N3O4S. The van der Waals surface area contributed by atoms with Gasteiger partial charge in [0.15, 0.2) is 0 Å². The van der Waals surface area contributed by atoms with Gasteiger partial charge in [0.05, 0.1) is 17.7 Å². The zero-order valence-corrected chi connectivity index (χ0v) is 12.2. The molecule has 1 aromatic rings. The van der Waals surface area contributed by atoms with E-state index < -0.39 is 10.0 Å². The summed E-state index contributed by atoms with van der Waals surface area (Å²) in [6, 6.07) is 3.92. The minimum absolute atomic E-state index is 0.0848. The lowest BCUT2D eigenvalue weighted by Crippen LogP contribution is -2.20. The van der Waals surface area contributed by atoms with E-state index in [-0.39, 0.29) is 29.0 Å². The van der Waals surface area contributed by atoms with Crippen molar-refractivity contribution < 1.29 is 17.9 Å². The molecule has 0 heterocycles. The van der Waals surface area contributed by atoms with Gasteiger partial charge in [0.2, 0.25) is 15.9 Å². The molecular weight excluding hydrogens is 282 g/mol. The Morgan fingerprint density at radius 3 is 2.60 bits per heavy atom. The summed E-state index contributed by atoms with van der Waals surface area (Å²) in [5.74, 6) is 0.0821. The molecule has 0 aliphatic heterocycles. The van der Waals surface area contributed by atoms with E-state index >= 15 is 0 Å². The molecule has 7 nitrogen and oxygen atoms in total. The molecule has 20 heavy (non-hydrogen) atoms. The van der Waals surface area contributed by atoms with Crippen LogP contribution in [0.1, 0.15) is 19.8 Å². The van der Waals surface area contributed by atoms with Crippen molar-refractivity contribution >= 4 is 21.6 Å². The first-order valence-corrected chi connectivity index (χ1v) is 7.55. The highest BCUT2D eigenvalue weighted by molar-refractivity contribution is 7.89. The normalized spacial score (nSPS) is 12.8. The van der Waals surface area contributed by atoms with E-state index in [1.807, 2.05) is 0 Å². The summed E-state index contributed by atoms with van der Waals surface area (Å²) in [4.78, 5) is 11.6. The van der Waals surface area contributed by atoms with Gasteiger partial charge in [-0.3, -0.25) is 4.79 Å². The van der Waals surface area contributed by atoms with Gasteiger partial charge in [-0.05, 0) is 31.5 Å². The summed E-state index contributed by atoms with van der Waals surface area (Å²) in [6.07, 6.45) is 0.767. The first kappa shape index (κ1) is 16.4. The van der Waals surface area contributed by atoms with Crippen LogP contribution in [0.2, 0.25) is 0 Å². The van der Waals surface area contributed by atoms with Crippen LogP contribution in [0.3, 0.4) is 0 Å². The molecule has 0 aliphatic rings. The molecule has 8 heteroatoms. The molecule has 0 aromatic heterocycles. The fraction of sp³-hybridized carbons (Fsp3) is 0.417. The van der Waals surface area contributed by atoms with E-state index in [9.17, 15) is 13.2 Å². The van der Waals surface area contributed by atoms with Crippen molar-refractivity contribution in [2.75, 3.05) is 12.4 Å². The number of sulfonamides is 1. The maximum atomic E-state index is 11.7. The fourth-order valence-corrected chi connectivity index (χ4v) is 2.07. The molecule has 0 bridgehead atoms. The highest BCUT2D eigenvalue weighted by atomic mass is 32.2. The summed E-state index contributed by atoms with van der Waals surface area (Å²) in [5.41, 5.74) is 5.83. The van der Waals surface area contributed by atoms with Crippen molar-refractivity contribution in [3.05, 3.63) is 18.2 Å². The standard InChI is InChI=1S/C12H19N3O4S/c1-8(13)3-6-12(16)15-10-7-9(20(14,17)18)4-5-11(10)19-2/h4-5,7-8H,3,6,13H2,1-2H3,(H,15,16)(H2,14,17,18). The molecule has 0 saturated carbocycles. The number of carbonyl (C=O) groups excluding carboxylic acids is 1. The van der Waals surface area contributed by atoms with Gasteiger partial charge in [-0.1, -0.05) is 0 Å². The highest BCUT2D eigenvalue weighted by Gasteiger charge is 2.14. The number of anilines is 1. The zero-order valence-electron chi connectivity index (χ0n) is 11.4. The third kappa shape index (κ3) is 4.80. The first-order valence-electron chi connectivity index (χ1n) is 6.00. The Bertz CT molecular complexity index is 584. The maximum absolute atomic E-state index is 11.7. The van der Waals surface area contributed by atoms with Crippen LogP contribution in [0.5, 0.6) is 5.75 Å². The van der Waals surface area contributed by atoms with Crippen molar-refractivity contribution in [2.24, 2.45) is 10.9 Å². The Labute approximate surface area is 118 Å². The van der Waals surface area contributed by atoms with Crippen molar-refractivity contribution in [3.8, 4) is 5.75 Å². The number of ether oxygens (including phenoxy) is 1. The smallest absolute Gasteiger partial charge is 0.238 e. The van der Waals surface area contributed by atoms with Gasteiger partial charge in [0, 0.05) is 12.5 Å². The van der Waals surface area contributed by atoms with Gasteiger partial charge in [-0.15, -0.1) is 0 Å². The van der Waals surface area contributed by atoms with Crippen LogP contribution in [-0.2, 0) is 14.8 Å². The van der Waals surface area contributed by atoms with Crippen molar-refractivity contribution in [2.45, 2.75) is 30.7 Å². The van der Waals surface area contributed by atoms with E-state index in [0.717, 1.165) is 0 Å². The largest absolute Gasteiger partial charge is 0.495 e. The number of nitrogens with one attached hydrogen (secondary N) is 1. The molecule has 1 unspecified atom stereocenters. The summed E-state index contributed by atoms with van der Waals surface area (Å²) in [5, 5.41) is 7.64. The first-order chi connectivity index (χ1) is 9.24. The number of amides is 1. The van der Waals surface area contributed by atoms with Crippen molar-refractivity contribution in [1.29, 1.82) is 0 Å². The number of hydrogen-bond donors (Lipinski definition) is 3. The Morgan fingerprint density at radius 1 is 1.45 bits per heavy atom. The predicted octanol–water partition coefficient (Wildman–Crippen LogP) is 0.409. The molecule has 0 spiro atoms. The van der Waals surface area contributed by atoms with Crippen molar-refractivity contribution in [3.63, 3.8) is 0 Å². The van der Waals surface area contributed by atoms with Gasteiger partial charge >= 0.3 is 0 Å². The van der Waals surface area contributed by atoms with Gasteiger partial charge in [0.1, 0.15) is 5.75 Å². The summed E-state index contributed by atoms with van der Waals surface area (Å²) >= 11 is 0. The quantitative estimate of drug-likeness (QED) is 0.701. The highest BCUT2D eigenvalue weighted by Crippen LogP contribution is 2.27. The third-order valence-corrected chi connectivity index (χ3v) is 3.51. The van der Waals surface area contributed by atoms with Gasteiger partial charge in [-0.2, -0.15) is 0 Å². The molecule has 1 aromatic carbocycles. The summed E-state index contributed by atoms with van der Waals surface area (Å²) in [7, 11) is -2.42. The average molecular weight is 301 g/mol. The van der Waals surface area contributed by atoms with Crippen LogP contribution in [0, 0.1) is 0 Å². The Balaban J connectivity index is 2.95. The van der Waals surface area contributed by atoms with Gasteiger partial charge < -0.3 is 15.8 Å². The van der Waals surface area contributed by atoms with Crippen LogP contribution < -0.4 is 20.9 Å². The van der Waals surface area contributed by atoms with E-state index in [1.165, 1.54) is 25.3 Å². The van der Waals surface area contributed by atoms with Crippen LogP contribution in [0.15, 0.2) is 23.1 Å². The molecule has 0 aliphatic carbocycles. The number of nitrogens with two attached hydrogens (primary N) is 2. The Kier molecular flexibility index (Phi) is 5.49.